The molecule has 0 bridgehead atoms. The number of aryl methyl sites for hydroxylation is 1. The maximum atomic E-state index is 5.96. The van der Waals surface area contributed by atoms with Crippen molar-refractivity contribution in [1.29, 1.82) is 0 Å². The Morgan fingerprint density at radius 2 is 2.21 bits per heavy atom. The van der Waals surface area contributed by atoms with Gasteiger partial charge in [-0.15, -0.1) is 11.8 Å². The topological polar surface area (TPSA) is 26.0 Å². The molecule has 0 aliphatic rings. The van der Waals surface area contributed by atoms with Crippen molar-refractivity contribution < 1.29 is 0 Å². The van der Waals surface area contributed by atoms with E-state index in [1.54, 1.807) is 0 Å². The molecule has 0 aliphatic heterocycles. The third-order valence-corrected chi connectivity index (χ3v) is 3.21. The van der Waals surface area contributed by atoms with Crippen molar-refractivity contribution in [2.75, 3.05) is 12.3 Å². The van der Waals surface area contributed by atoms with Crippen LogP contribution in [0.1, 0.15) is 18.9 Å². The van der Waals surface area contributed by atoms with Gasteiger partial charge < -0.3 is 5.73 Å². The SMILES string of the molecule is CCSc1ccc(Cl)cc1CCCN. The van der Waals surface area contributed by atoms with Crippen LogP contribution in [0.25, 0.3) is 0 Å². The zero-order valence-corrected chi connectivity index (χ0v) is 10.00. The van der Waals surface area contributed by atoms with Crippen LogP contribution < -0.4 is 5.73 Å². The summed E-state index contributed by atoms with van der Waals surface area (Å²) in [5.74, 6) is 1.09. The van der Waals surface area contributed by atoms with Crippen molar-refractivity contribution in [3.05, 3.63) is 28.8 Å². The smallest absolute Gasteiger partial charge is 0.0409 e. The molecule has 0 heterocycles. The summed E-state index contributed by atoms with van der Waals surface area (Å²) in [5.41, 5.74) is 6.83. The minimum atomic E-state index is 0.739. The van der Waals surface area contributed by atoms with Crippen molar-refractivity contribution in [3.8, 4) is 0 Å². The zero-order chi connectivity index (χ0) is 10.4. The van der Waals surface area contributed by atoms with E-state index in [1.165, 1.54) is 10.5 Å². The van der Waals surface area contributed by atoms with Crippen molar-refractivity contribution in [3.63, 3.8) is 0 Å². The van der Waals surface area contributed by atoms with Gasteiger partial charge in [0.1, 0.15) is 0 Å². The molecule has 1 aromatic rings. The molecule has 2 N–H and O–H groups in total. The molecule has 78 valence electrons. The van der Waals surface area contributed by atoms with Gasteiger partial charge >= 0.3 is 0 Å². The molecule has 1 nitrogen and oxygen atoms in total. The van der Waals surface area contributed by atoms with Crippen LogP contribution in [0.15, 0.2) is 23.1 Å². The van der Waals surface area contributed by atoms with Crippen LogP contribution >= 0.6 is 23.4 Å². The third kappa shape index (κ3) is 3.52. The van der Waals surface area contributed by atoms with Gasteiger partial charge in [0.05, 0.1) is 0 Å². The standard InChI is InChI=1S/C11H16ClNS/c1-2-14-11-6-5-10(12)8-9(11)4-3-7-13/h5-6,8H,2-4,7,13H2,1H3. The molecular weight excluding hydrogens is 214 g/mol. The van der Waals surface area contributed by atoms with E-state index in [0.717, 1.165) is 30.2 Å². The number of hydrogen-bond donors (Lipinski definition) is 1. The highest BCUT2D eigenvalue weighted by Gasteiger charge is 2.02. The molecule has 0 aromatic heterocycles. The first-order valence-electron chi connectivity index (χ1n) is 4.89. The second-order valence-electron chi connectivity index (χ2n) is 3.08. The molecule has 1 aromatic carbocycles. The predicted molar refractivity (Wildman–Crippen MR) is 65.2 cm³/mol. The highest BCUT2D eigenvalue weighted by atomic mass is 35.5. The van der Waals surface area contributed by atoms with Gasteiger partial charge in [-0.3, -0.25) is 0 Å². The molecule has 14 heavy (non-hydrogen) atoms. The number of thioether (sulfide) groups is 1. The monoisotopic (exact) mass is 229 g/mol. The van der Waals surface area contributed by atoms with Gasteiger partial charge in [-0.1, -0.05) is 18.5 Å². The van der Waals surface area contributed by atoms with Gasteiger partial charge in [0.25, 0.3) is 0 Å². The Morgan fingerprint density at radius 1 is 1.43 bits per heavy atom. The minimum Gasteiger partial charge on any atom is -0.330 e. The average Bonchev–Trinajstić information content (AvgIpc) is 2.18. The van der Waals surface area contributed by atoms with E-state index in [9.17, 15) is 0 Å². The first kappa shape index (κ1) is 11.9. The lowest BCUT2D eigenvalue weighted by Gasteiger charge is -2.08. The van der Waals surface area contributed by atoms with E-state index < -0.39 is 0 Å². The molecule has 0 radical (unpaired) electrons. The first-order chi connectivity index (χ1) is 6.77. The van der Waals surface area contributed by atoms with Gasteiger partial charge in [-0.05, 0) is 48.9 Å². The summed E-state index contributed by atoms with van der Waals surface area (Å²) in [5, 5.41) is 0.817. The second-order valence-corrected chi connectivity index (χ2v) is 4.82. The fourth-order valence-corrected chi connectivity index (χ4v) is 2.35. The summed E-state index contributed by atoms with van der Waals surface area (Å²) in [6, 6.07) is 6.10. The van der Waals surface area contributed by atoms with Crippen LogP contribution in [0.5, 0.6) is 0 Å². The largest absolute Gasteiger partial charge is 0.330 e. The Bertz CT molecular complexity index is 289. The quantitative estimate of drug-likeness (QED) is 0.784. The number of nitrogens with two attached hydrogens (primary N) is 1. The third-order valence-electron chi connectivity index (χ3n) is 1.97. The first-order valence-corrected chi connectivity index (χ1v) is 6.25. The van der Waals surface area contributed by atoms with Crippen LogP contribution in [0.4, 0.5) is 0 Å². The number of benzene rings is 1. The van der Waals surface area contributed by atoms with Crippen LogP contribution in [-0.4, -0.2) is 12.3 Å². The summed E-state index contributed by atoms with van der Waals surface area (Å²) < 4.78 is 0. The summed E-state index contributed by atoms with van der Waals surface area (Å²) in [6.45, 7) is 2.90. The molecule has 0 spiro atoms. The molecule has 0 aliphatic carbocycles. The minimum absolute atomic E-state index is 0.739. The van der Waals surface area contributed by atoms with E-state index in [-0.39, 0.29) is 0 Å². The number of hydrogen-bond acceptors (Lipinski definition) is 2. The molecule has 0 saturated heterocycles. The average molecular weight is 230 g/mol. The van der Waals surface area contributed by atoms with Crippen LogP contribution in [-0.2, 0) is 6.42 Å². The van der Waals surface area contributed by atoms with Gasteiger partial charge in [-0.25, -0.2) is 0 Å². The second kappa shape index (κ2) is 6.33. The highest BCUT2D eigenvalue weighted by Crippen LogP contribution is 2.26. The van der Waals surface area contributed by atoms with E-state index in [2.05, 4.69) is 19.1 Å². The maximum Gasteiger partial charge on any atom is 0.0409 e. The number of rotatable bonds is 5. The van der Waals surface area contributed by atoms with Gasteiger partial charge in [0.2, 0.25) is 0 Å². The highest BCUT2D eigenvalue weighted by molar-refractivity contribution is 7.99. The Labute approximate surface area is 95.0 Å². The van der Waals surface area contributed by atoms with Crippen molar-refractivity contribution in [1.82, 2.24) is 0 Å². The molecule has 3 heteroatoms. The molecule has 0 saturated carbocycles. The van der Waals surface area contributed by atoms with E-state index in [1.807, 2.05) is 17.8 Å². The Kier molecular flexibility index (Phi) is 5.38. The van der Waals surface area contributed by atoms with Crippen LogP contribution in [0.3, 0.4) is 0 Å². The maximum absolute atomic E-state index is 5.96. The van der Waals surface area contributed by atoms with E-state index in [0.29, 0.717) is 0 Å². The fourth-order valence-electron chi connectivity index (χ4n) is 1.33. The number of halogens is 1. The van der Waals surface area contributed by atoms with Crippen LogP contribution in [0.2, 0.25) is 5.02 Å². The normalized spacial score (nSPS) is 10.5. The zero-order valence-electron chi connectivity index (χ0n) is 8.42. The molecule has 0 unspecified atom stereocenters. The van der Waals surface area contributed by atoms with Gasteiger partial charge in [0.15, 0.2) is 0 Å². The Morgan fingerprint density at radius 3 is 2.86 bits per heavy atom. The summed E-state index contributed by atoms with van der Waals surface area (Å²) in [4.78, 5) is 1.34. The van der Waals surface area contributed by atoms with Gasteiger partial charge in [0, 0.05) is 9.92 Å². The molecule has 0 fully saturated rings. The van der Waals surface area contributed by atoms with Gasteiger partial charge in [-0.2, -0.15) is 0 Å². The predicted octanol–water partition coefficient (Wildman–Crippen LogP) is 3.34. The lowest BCUT2D eigenvalue weighted by atomic mass is 10.1. The van der Waals surface area contributed by atoms with Crippen LogP contribution in [0, 0.1) is 0 Å². The molecule has 0 atom stereocenters. The van der Waals surface area contributed by atoms with Crippen molar-refractivity contribution in [2.24, 2.45) is 5.73 Å². The van der Waals surface area contributed by atoms with Crippen molar-refractivity contribution in [2.45, 2.75) is 24.7 Å². The van der Waals surface area contributed by atoms with Crippen molar-refractivity contribution >= 4 is 23.4 Å². The summed E-state index contributed by atoms with van der Waals surface area (Å²) >= 11 is 7.82. The summed E-state index contributed by atoms with van der Waals surface area (Å²) in [6.07, 6.45) is 2.05. The lowest BCUT2D eigenvalue weighted by Crippen LogP contribution is -2.01. The summed E-state index contributed by atoms with van der Waals surface area (Å²) in [7, 11) is 0. The molecular formula is C11H16ClNS. The Hall–Kier alpha value is -0.180. The fraction of sp³-hybridized carbons (Fsp3) is 0.455. The molecule has 0 amide bonds. The molecule has 1 rings (SSSR count). The Balaban J connectivity index is 2.79. The van der Waals surface area contributed by atoms with E-state index in [4.69, 9.17) is 17.3 Å². The lowest BCUT2D eigenvalue weighted by molar-refractivity contribution is 0.821. The van der Waals surface area contributed by atoms with E-state index >= 15 is 0 Å².